The maximum Gasteiger partial charge on any atom is 0.0147 e. The average Bonchev–Trinajstić information content (AvgIpc) is 1.63. The average molecular weight is 123 g/mol. The van der Waals surface area contributed by atoms with Crippen molar-refractivity contribution in [3.63, 3.8) is 0 Å². The molecular formula is C8H13N. The van der Waals surface area contributed by atoms with Crippen LogP contribution in [0.15, 0.2) is 11.8 Å². The van der Waals surface area contributed by atoms with Gasteiger partial charge in [-0.3, -0.25) is 0 Å². The van der Waals surface area contributed by atoms with Crippen LogP contribution in [-0.2, 0) is 0 Å². The molecule has 0 aromatic rings. The Labute approximate surface area is 57.4 Å². The molecule has 0 aliphatic heterocycles. The van der Waals surface area contributed by atoms with Gasteiger partial charge in [-0.2, -0.15) is 0 Å². The van der Waals surface area contributed by atoms with E-state index >= 15 is 0 Å². The summed E-state index contributed by atoms with van der Waals surface area (Å²) in [6, 6.07) is 0. The van der Waals surface area contributed by atoms with Crippen LogP contribution >= 0.6 is 0 Å². The fourth-order valence-electron chi connectivity index (χ4n) is 0.617. The second-order valence-electron chi connectivity index (χ2n) is 2.15. The third-order valence-electron chi connectivity index (χ3n) is 0.774. The van der Waals surface area contributed by atoms with Gasteiger partial charge in [0.1, 0.15) is 0 Å². The second kappa shape index (κ2) is 4.03. The maximum atomic E-state index is 2.95. The van der Waals surface area contributed by atoms with Crippen LogP contribution in [0.25, 0.3) is 0 Å². The molecule has 0 aliphatic rings. The summed E-state index contributed by atoms with van der Waals surface area (Å²) in [5.41, 5.74) is 1.10. The van der Waals surface area contributed by atoms with Gasteiger partial charge in [-0.15, -0.1) is 5.92 Å². The van der Waals surface area contributed by atoms with E-state index < -0.39 is 0 Å². The van der Waals surface area contributed by atoms with Crippen molar-refractivity contribution in [2.45, 2.75) is 13.8 Å². The molecule has 0 N–H and O–H groups in total. The molecule has 9 heavy (non-hydrogen) atoms. The van der Waals surface area contributed by atoms with Gasteiger partial charge in [0.15, 0.2) is 0 Å². The van der Waals surface area contributed by atoms with Crippen molar-refractivity contribution in [2.75, 3.05) is 14.1 Å². The summed E-state index contributed by atoms with van der Waals surface area (Å²) in [5, 5.41) is 0. The van der Waals surface area contributed by atoms with E-state index in [1.165, 1.54) is 0 Å². The van der Waals surface area contributed by atoms with Crippen molar-refractivity contribution >= 4 is 0 Å². The molecule has 0 rings (SSSR count). The molecule has 50 valence electrons. The fraction of sp³-hybridized carbons (Fsp3) is 0.500. The first-order chi connectivity index (χ1) is 4.16. The monoisotopic (exact) mass is 123 g/mol. The van der Waals surface area contributed by atoms with E-state index in [0.29, 0.717) is 0 Å². The van der Waals surface area contributed by atoms with Gasteiger partial charge in [-0.25, -0.2) is 0 Å². The predicted octanol–water partition coefficient (Wildman–Crippen LogP) is 1.48. The Morgan fingerprint density at radius 3 is 2.33 bits per heavy atom. The molecule has 0 radical (unpaired) electrons. The Hall–Kier alpha value is -0.900. The topological polar surface area (TPSA) is 3.24 Å². The lowest BCUT2D eigenvalue weighted by atomic mass is 10.3. The molecule has 1 heteroatoms. The normalized spacial score (nSPS) is 10.0. The minimum Gasteiger partial charge on any atom is -0.383 e. The molecule has 0 saturated heterocycles. The Balaban J connectivity index is 3.94. The van der Waals surface area contributed by atoms with Crippen molar-refractivity contribution in [2.24, 2.45) is 0 Å². The molecule has 0 fully saturated rings. The summed E-state index contributed by atoms with van der Waals surface area (Å²) < 4.78 is 0. The molecule has 0 amide bonds. The maximum absolute atomic E-state index is 2.95. The zero-order valence-corrected chi connectivity index (χ0v) is 6.52. The first-order valence-corrected chi connectivity index (χ1v) is 2.94. The van der Waals surface area contributed by atoms with Gasteiger partial charge in [0.2, 0.25) is 0 Å². The molecule has 0 aromatic heterocycles. The third-order valence-corrected chi connectivity index (χ3v) is 0.774. The van der Waals surface area contributed by atoms with Crippen molar-refractivity contribution < 1.29 is 0 Å². The number of nitrogens with zero attached hydrogens (tertiary/aromatic N) is 1. The Morgan fingerprint density at radius 2 is 2.00 bits per heavy atom. The SMILES string of the molecule is CC#C/C(C)=C\N(C)C. The lowest BCUT2D eigenvalue weighted by Gasteiger charge is -2.03. The number of hydrogen-bond donors (Lipinski definition) is 0. The first kappa shape index (κ1) is 8.10. The molecule has 0 spiro atoms. The van der Waals surface area contributed by atoms with Crippen LogP contribution in [0.1, 0.15) is 13.8 Å². The standard InChI is InChI=1S/C8H13N/c1-5-6-8(2)7-9(3)4/h7H,1-4H3/b8-7-. The van der Waals surface area contributed by atoms with Crippen LogP contribution < -0.4 is 0 Å². The van der Waals surface area contributed by atoms with Crippen LogP contribution in [0.2, 0.25) is 0 Å². The van der Waals surface area contributed by atoms with Gasteiger partial charge in [0, 0.05) is 25.9 Å². The van der Waals surface area contributed by atoms with E-state index in [4.69, 9.17) is 0 Å². The number of hydrogen-bond acceptors (Lipinski definition) is 1. The summed E-state index contributed by atoms with van der Waals surface area (Å²) in [4.78, 5) is 1.99. The lowest BCUT2D eigenvalue weighted by Crippen LogP contribution is -2.01. The van der Waals surface area contributed by atoms with Gasteiger partial charge < -0.3 is 4.90 Å². The van der Waals surface area contributed by atoms with Gasteiger partial charge in [0.25, 0.3) is 0 Å². The van der Waals surface area contributed by atoms with Crippen LogP contribution in [-0.4, -0.2) is 19.0 Å². The predicted molar refractivity (Wildman–Crippen MR) is 40.9 cm³/mol. The smallest absolute Gasteiger partial charge is 0.0147 e. The van der Waals surface area contributed by atoms with Crippen LogP contribution in [0.4, 0.5) is 0 Å². The van der Waals surface area contributed by atoms with Crippen LogP contribution in [0, 0.1) is 11.8 Å². The summed E-state index contributed by atoms with van der Waals surface area (Å²) in [6.45, 7) is 3.84. The van der Waals surface area contributed by atoms with Gasteiger partial charge in [-0.1, -0.05) is 5.92 Å². The minimum absolute atomic E-state index is 1.10. The highest BCUT2D eigenvalue weighted by molar-refractivity contribution is 5.24. The van der Waals surface area contributed by atoms with Gasteiger partial charge in [-0.05, 0) is 13.8 Å². The van der Waals surface area contributed by atoms with E-state index in [2.05, 4.69) is 11.8 Å². The zero-order valence-electron chi connectivity index (χ0n) is 6.52. The highest BCUT2D eigenvalue weighted by Crippen LogP contribution is 1.89. The molecule has 0 aromatic carbocycles. The van der Waals surface area contributed by atoms with Crippen molar-refractivity contribution in [1.29, 1.82) is 0 Å². The Bertz CT molecular complexity index is 155. The second-order valence-corrected chi connectivity index (χ2v) is 2.15. The molecule has 0 bridgehead atoms. The largest absolute Gasteiger partial charge is 0.383 e. The van der Waals surface area contributed by atoms with E-state index in [-0.39, 0.29) is 0 Å². The summed E-state index contributed by atoms with van der Waals surface area (Å²) in [5.74, 6) is 5.77. The quantitative estimate of drug-likeness (QED) is 0.477. The molecule has 0 atom stereocenters. The fourth-order valence-corrected chi connectivity index (χ4v) is 0.617. The van der Waals surface area contributed by atoms with E-state index in [9.17, 15) is 0 Å². The summed E-state index contributed by atoms with van der Waals surface area (Å²) in [7, 11) is 3.97. The first-order valence-electron chi connectivity index (χ1n) is 2.94. The van der Waals surface area contributed by atoms with E-state index in [1.807, 2.05) is 39.0 Å². The molecule has 0 unspecified atom stereocenters. The molecule has 0 aliphatic carbocycles. The summed E-state index contributed by atoms with van der Waals surface area (Å²) in [6.07, 6.45) is 2.00. The zero-order chi connectivity index (χ0) is 7.28. The van der Waals surface area contributed by atoms with E-state index in [1.54, 1.807) is 0 Å². The molecular weight excluding hydrogens is 110 g/mol. The van der Waals surface area contributed by atoms with E-state index in [0.717, 1.165) is 5.57 Å². The van der Waals surface area contributed by atoms with Crippen molar-refractivity contribution in [3.8, 4) is 11.8 Å². The number of allylic oxidation sites excluding steroid dienone is 1. The van der Waals surface area contributed by atoms with Crippen molar-refractivity contribution in [3.05, 3.63) is 11.8 Å². The summed E-state index contributed by atoms with van der Waals surface area (Å²) >= 11 is 0. The third kappa shape index (κ3) is 4.96. The van der Waals surface area contributed by atoms with Crippen LogP contribution in [0.3, 0.4) is 0 Å². The molecule has 1 nitrogen and oxygen atoms in total. The van der Waals surface area contributed by atoms with Crippen LogP contribution in [0.5, 0.6) is 0 Å². The van der Waals surface area contributed by atoms with Gasteiger partial charge in [0.05, 0.1) is 0 Å². The molecule has 0 saturated carbocycles. The number of rotatable bonds is 1. The Kier molecular flexibility index (Phi) is 3.62. The van der Waals surface area contributed by atoms with Crippen molar-refractivity contribution in [1.82, 2.24) is 4.90 Å². The minimum atomic E-state index is 1.10. The lowest BCUT2D eigenvalue weighted by molar-refractivity contribution is 0.560. The highest BCUT2D eigenvalue weighted by Gasteiger charge is 1.79. The van der Waals surface area contributed by atoms with Gasteiger partial charge >= 0.3 is 0 Å². The molecule has 0 heterocycles. The highest BCUT2D eigenvalue weighted by atomic mass is 15.0. The Morgan fingerprint density at radius 1 is 1.44 bits per heavy atom.